The number of nitriles is 1. The number of nitrogen functional groups attached to an aromatic ring is 1. The van der Waals surface area contributed by atoms with Crippen LogP contribution in [-0.4, -0.2) is 9.97 Å². The summed E-state index contributed by atoms with van der Waals surface area (Å²) >= 11 is 2.88. The molecule has 0 radical (unpaired) electrons. The van der Waals surface area contributed by atoms with E-state index in [0.717, 1.165) is 4.34 Å². The fourth-order valence-corrected chi connectivity index (χ4v) is 2.54. The number of hydrogen-bond acceptors (Lipinski definition) is 6. The van der Waals surface area contributed by atoms with E-state index in [1.807, 2.05) is 11.4 Å². The normalized spacial score (nSPS) is 9.80. The summed E-state index contributed by atoms with van der Waals surface area (Å²) in [5.74, 6) is 0. The van der Waals surface area contributed by atoms with Crippen LogP contribution in [0, 0.1) is 11.3 Å². The average Bonchev–Trinajstić information content (AvgIpc) is 2.74. The maximum Gasteiger partial charge on any atom is 0.156 e. The monoisotopic (exact) mass is 234 g/mol. The van der Waals surface area contributed by atoms with E-state index in [-0.39, 0.29) is 0 Å². The van der Waals surface area contributed by atoms with Gasteiger partial charge in [0.2, 0.25) is 0 Å². The third-order valence-corrected chi connectivity index (χ3v) is 3.57. The van der Waals surface area contributed by atoms with Crippen molar-refractivity contribution in [2.45, 2.75) is 9.37 Å². The quantitative estimate of drug-likeness (QED) is 0.861. The van der Waals surface area contributed by atoms with Gasteiger partial charge >= 0.3 is 0 Å². The van der Waals surface area contributed by atoms with Crippen LogP contribution >= 0.6 is 23.1 Å². The van der Waals surface area contributed by atoms with E-state index < -0.39 is 0 Å². The molecule has 4 nitrogen and oxygen atoms in total. The lowest BCUT2D eigenvalue weighted by atomic mass is 10.2. The van der Waals surface area contributed by atoms with E-state index in [4.69, 9.17) is 11.0 Å². The fraction of sp³-hybridized carbons (Fsp3) is 0. The molecule has 0 saturated heterocycles. The molecule has 2 N–H and O–H groups in total. The summed E-state index contributed by atoms with van der Waals surface area (Å²) < 4.78 is 0.865. The highest BCUT2D eigenvalue weighted by Gasteiger charge is 2.08. The largest absolute Gasteiger partial charge is 0.395 e. The molecule has 15 heavy (non-hydrogen) atoms. The van der Waals surface area contributed by atoms with Crippen molar-refractivity contribution >= 4 is 28.8 Å². The molecule has 2 heterocycles. The van der Waals surface area contributed by atoms with Crippen LogP contribution in [0.4, 0.5) is 5.69 Å². The zero-order valence-electron chi connectivity index (χ0n) is 7.54. The number of thiazole rings is 1. The minimum atomic E-state index is 0.417. The van der Waals surface area contributed by atoms with Crippen molar-refractivity contribution in [3.63, 3.8) is 0 Å². The van der Waals surface area contributed by atoms with Crippen LogP contribution in [0.5, 0.6) is 0 Å². The molecule has 0 atom stereocenters. The highest BCUT2D eigenvalue weighted by molar-refractivity contribution is 8.01. The molecule has 6 heteroatoms. The van der Waals surface area contributed by atoms with Crippen molar-refractivity contribution in [3.05, 3.63) is 29.4 Å². The van der Waals surface area contributed by atoms with Crippen LogP contribution in [-0.2, 0) is 0 Å². The Morgan fingerprint density at radius 3 is 2.93 bits per heavy atom. The molecule has 74 valence electrons. The number of pyridine rings is 1. The summed E-state index contributed by atoms with van der Waals surface area (Å²) in [5.41, 5.74) is 6.65. The van der Waals surface area contributed by atoms with Crippen LogP contribution in [0.15, 0.2) is 33.2 Å². The van der Waals surface area contributed by atoms with Crippen LogP contribution in [0.25, 0.3) is 0 Å². The third kappa shape index (κ3) is 2.09. The lowest BCUT2D eigenvalue weighted by Crippen LogP contribution is -1.95. The predicted octanol–water partition coefficient (Wildman–Crippen LogP) is 2.14. The first kappa shape index (κ1) is 9.96. The van der Waals surface area contributed by atoms with E-state index in [1.165, 1.54) is 23.1 Å². The Hall–Kier alpha value is -1.58. The van der Waals surface area contributed by atoms with E-state index in [1.54, 1.807) is 18.5 Å². The molecule has 0 aliphatic carbocycles. The van der Waals surface area contributed by atoms with Gasteiger partial charge < -0.3 is 5.73 Å². The van der Waals surface area contributed by atoms with Crippen molar-refractivity contribution in [1.82, 2.24) is 9.97 Å². The Morgan fingerprint density at radius 2 is 2.27 bits per heavy atom. The van der Waals surface area contributed by atoms with Gasteiger partial charge in [-0.15, -0.1) is 11.3 Å². The smallest absolute Gasteiger partial charge is 0.156 e. The van der Waals surface area contributed by atoms with Gasteiger partial charge in [-0.05, 0) is 17.8 Å². The molecular weight excluding hydrogens is 228 g/mol. The highest BCUT2D eigenvalue weighted by atomic mass is 32.2. The first-order valence-corrected chi connectivity index (χ1v) is 5.73. The summed E-state index contributed by atoms with van der Waals surface area (Å²) in [4.78, 5) is 8.23. The van der Waals surface area contributed by atoms with Crippen molar-refractivity contribution < 1.29 is 0 Å². The van der Waals surface area contributed by atoms with Crippen LogP contribution in [0.3, 0.4) is 0 Å². The molecule has 2 aromatic heterocycles. The minimum Gasteiger partial charge on any atom is -0.395 e. The van der Waals surface area contributed by atoms with Gasteiger partial charge in [-0.1, -0.05) is 0 Å². The summed E-state index contributed by atoms with van der Waals surface area (Å²) in [5, 5.41) is 11.3. The van der Waals surface area contributed by atoms with Gasteiger partial charge in [0.15, 0.2) is 4.34 Å². The summed E-state index contributed by atoms with van der Waals surface area (Å²) in [7, 11) is 0. The maximum atomic E-state index is 8.79. The maximum absolute atomic E-state index is 8.79. The zero-order chi connectivity index (χ0) is 10.7. The Balaban J connectivity index is 2.34. The van der Waals surface area contributed by atoms with E-state index in [2.05, 4.69) is 9.97 Å². The first-order chi connectivity index (χ1) is 7.31. The minimum absolute atomic E-state index is 0.417. The van der Waals surface area contributed by atoms with Crippen molar-refractivity contribution in [2.24, 2.45) is 0 Å². The number of anilines is 1. The fourth-order valence-electron chi connectivity index (χ4n) is 0.976. The summed E-state index contributed by atoms with van der Waals surface area (Å²) in [6.45, 7) is 0. The predicted molar refractivity (Wildman–Crippen MR) is 59.6 cm³/mol. The van der Waals surface area contributed by atoms with E-state index in [0.29, 0.717) is 16.3 Å². The van der Waals surface area contributed by atoms with Gasteiger partial charge in [0.25, 0.3) is 0 Å². The molecule has 0 aliphatic heterocycles. The number of nitrogens with two attached hydrogens (primary N) is 1. The molecule has 0 spiro atoms. The van der Waals surface area contributed by atoms with Gasteiger partial charge in [-0.25, -0.2) is 9.97 Å². The SMILES string of the molecule is N#Cc1ccnc(Sc2nccs2)c1N. The lowest BCUT2D eigenvalue weighted by molar-refractivity contribution is 1.12. The molecule has 0 unspecified atom stereocenters. The van der Waals surface area contributed by atoms with Gasteiger partial charge in [0.1, 0.15) is 11.1 Å². The molecule has 0 aromatic carbocycles. The number of hydrogen-bond donors (Lipinski definition) is 1. The molecule has 2 aromatic rings. The summed E-state index contributed by atoms with van der Waals surface area (Å²) in [6.07, 6.45) is 3.29. The first-order valence-electron chi connectivity index (χ1n) is 4.03. The average molecular weight is 234 g/mol. The zero-order valence-corrected chi connectivity index (χ0v) is 9.18. The van der Waals surface area contributed by atoms with Gasteiger partial charge in [0, 0.05) is 17.8 Å². The van der Waals surface area contributed by atoms with Gasteiger partial charge in [-0.3, -0.25) is 0 Å². The Labute approximate surface area is 94.8 Å². The number of aromatic nitrogens is 2. The van der Waals surface area contributed by atoms with Crippen molar-refractivity contribution in [3.8, 4) is 6.07 Å². The molecule has 0 amide bonds. The summed E-state index contributed by atoms with van der Waals surface area (Å²) in [6, 6.07) is 3.62. The molecule has 2 rings (SSSR count). The lowest BCUT2D eigenvalue weighted by Gasteiger charge is -2.02. The molecule has 0 bridgehead atoms. The third-order valence-electron chi connectivity index (χ3n) is 1.67. The topological polar surface area (TPSA) is 75.6 Å². The van der Waals surface area contributed by atoms with Gasteiger partial charge in [-0.2, -0.15) is 5.26 Å². The Bertz CT molecular complexity index is 501. The van der Waals surface area contributed by atoms with E-state index in [9.17, 15) is 0 Å². The van der Waals surface area contributed by atoms with Crippen molar-refractivity contribution in [2.75, 3.05) is 5.73 Å². The molecule has 0 aliphatic rings. The van der Waals surface area contributed by atoms with Crippen molar-refractivity contribution in [1.29, 1.82) is 5.26 Å². The number of rotatable bonds is 2. The highest BCUT2D eigenvalue weighted by Crippen LogP contribution is 2.32. The standard InChI is InChI=1S/C9H6N4S2/c10-5-6-1-2-12-8(7(6)11)15-9-13-3-4-14-9/h1-4H,11H2. The molecule has 0 fully saturated rings. The Kier molecular flexibility index (Phi) is 2.85. The Morgan fingerprint density at radius 1 is 1.40 bits per heavy atom. The number of nitrogens with zero attached hydrogens (tertiary/aromatic N) is 3. The second kappa shape index (κ2) is 4.29. The van der Waals surface area contributed by atoms with Gasteiger partial charge in [0.05, 0.1) is 11.3 Å². The van der Waals surface area contributed by atoms with E-state index >= 15 is 0 Å². The second-order valence-corrected chi connectivity index (χ2v) is 4.72. The van der Waals surface area contributed by atoms with Crippen LogP contribution in [0.2, 0.25) is 0 Å². The molecular formula is C9H6N4S2. The molecule has 0 saturated carbocycles. The second-order valence-electron chi connectivity index (χ2n) is 2.59. The van der Waals surface area contributed by atoms with Crippen LogP contribution in [0.1, 0.15) is 5.56 Å². The van der Waals surface area contributed by atoms with Crippen LogP contribution < -0.4 is 5.73 Å².